The van der Waals surface area contributed by atoms with Gasteiger partial charge in [-0.2, -0.15) is 0 Å². The Morgan fingerprint density at radius 2 is 2.00 bits per heavy atom. The van der Waals surface area contributed by atoms with Gasteiger partial charge in [0.25, 0.3) is 0 Å². The molecule has 1 aromatic heterocycles. The Labute approximate surface area is 162 Å². The van der Waals surface area contributed by atoms with Crippen LogP contribution in [0.5, 0.6) is 5.75 Å². The lowest BCUT2D eigenvalue weighted by atomic mass is 9.87. The second-order valence-electron chi connectivity index (χ2n) is 7.73. The summed E-state index contributed by atoms with van der Waals surface area (Å²) < 4.78 is 5.51. The number of hydrogen-bond acceptors (Lipinski definition) is 5. The van der Waals surface area contributed by atoms with Crippen LogP contribution in [0.25, 0.3) is 0 Å². The summed E-state index contributed by atoms with van der Waals surface area (Å²) in [6, 6.07) is 11.3. The molecule has 0 spiro atoms. The minimum atomic E-state index is 0.516. The molecular weight excluding hydrogens is 336 g/mol. The van der Waals surface area contributed by atoms with E-state index in [2.05, 4.69) is 52.5 Å². The highest BCUT2D eigenvalue weighted by atomic mass is 16.5. The zero-order valence-corrected chi connectivity index (χ0v) is 16.4. The van der Waals surface area contributed by atoms with E-state index in [-0.39, 0.29) is 0 Å². The molecule has 4 rings (SSSR count). The Balaban J connectivity index is 1.31. The third-order valence-electron chi connectivity index (χ3n) is 5.89. The van der Waals surface area contributed by atoms with Crippen molar-refractivity contribution in [2.45, 2.75) is 31.8 Å². The van der Waals surface area contributed by atoms with Crippen LogP contribution >= 0.6 is 0 Å². The van der Waals surface area contributed by atoms with E-state index in [4.69, 9.17) is 9.72 Å². The lowest BCUT2D eigenvalue weighted by Crippen LogP contribution is -2.44. The second-order valence-corrected chi connectivity index (χ2v) is 7.73. The molecule has 1 saturated heterocycles. The molecule has 5 heteroatoms. The Morgan fingerprint density at radius 1 is 1.15 bits per heavy atom. The molecule has 27 heavy (non-hydrogen) atoms. The number of methoxy groups -OCH3 is 1. The summed E-state index contributed by atoms with van der Waals surface area (Å²) in [4.78, 5) is 9.45. The fraction of sp³-hybridized carbons (Fsp3) is 0.500. The van der Waals surface area contributed by atoms with Gasteiger partial charge in [-0.1, -0.05) is 18.2 Å². The van der Waals surface area contributed by atoms with E-state index < -0.39 is 0 Å². The largest absolute Gasteiger partial charge is 0.496 e. The molecule has 144 valence electrons. The zero-order valence-electron chi connectivity index (χ0n) is 16.4. The summed E-state index contributed by atoms with van der Waals surface area (Å²) in [5.74, 6) is 2.14. The third-order valence-corrected chi connectivity index (χ3v) is 5.89. The average Bonchev–Trinajstić information content (AvgIpc) is 2.72. The van der Waals surface area contributed by atoms with Gasteiger partial charge < -0.3 is 19.9 Å². The lowest BCUT2D eigenvalue weighted by molar-refractivity contribution is 0.312. The van der Waals surface area contributed by atoms with Crippen LogP contribution < -0.4 is 15.0 Å². The van der Waals surface area contributed by atoms with E-state index in [1.165, 1.54) is 16.7 Å². The topological polar surface area (TPSA) is 40.6 Å². The third kappa shape index (κ3) is 4.25. The first kappa shape index (κ1) is 18.3. The molecule has 2 aromatic rings. The zero-order chi connectivity index (χ0) is 18.6. The number of fused-ring (bicyclic) bond motifs is 1. The first-order valence-corrected chi connectivity index (χ1v) is 9.99. The number of nitrogens with zero attached hydrogens (tertiary/aromatic N) is 3. The lowest BCUT2D eigenvalue weighted by Gasteiger charge is -2.33. The Morgan fingerprint density at radius 3 is 2.74 bits per heavy atom. The normalized spacial score (nSPS) is 20.4. The summed E-state index contributed by atoms with van der Waals surface area (Å²) in [7, 11) is 3.94. The van der Waals surface area contributed by atoms with Crippen molar-refractivity contribution in [3.05, 3.63) is 53.2 Å². The van der Waals surface area contributed by atoms with Crippen LogP contribution in [0.15, 0.2) is 36.5 Å². The van der Waals surface area contributed by atoms with Crippen LogP contribution in [0.4, 0.5) is 5.82 Å². The quantitative estimate of drug-likeness (QED) is 0.880. The maximum atomic E-state index is 5.51. The molecule has 0 bridgehead atoms. The van der Waals surface area contributed by atoms with E-state index >= 15 is 0 Å². The SMILES string of the molecule is COc1cccc2c1CCC(NCc1ccc(N3CCN(C)CC3)nc1)C2. The van der Waals surface area contributed by atoms with Crippen LogP contribution in [0.3, 0.4) is 0 Å². The summed E-state index contributed by atoms with van der Waals surface area (Å²) >= 11 is 0. The maximum Gasteiger partial charge on any atom is 0.128 e. The van der Waals surface area contributed by atoms with Gasteiger partial charge in [0.2, 0.25) is 0 Å². The van der Waals surface area contributed by atoms with Gasteiger partial charge in [-0.05, 0) is 55.1 Å². The van der Waals surface area contributed by atoms with Gasteiger partial charge in [0, 0.05) is 45.0 Å². The van der Waals surface area contributed by atoms with Gasteiger partial charge in [0.05, 0.1) is 7.11 Å². The second kappa shape index (κ2) is 8.28. The van der Waals surface area contributed by atoms with Crippen LogP contribution in [0.1, 0.15) is 23.1 Å². The number of aromatic nitrogens is 1. The minimum Gasteiger partial charge on any atom is -0.496 e. The smallest absolute Gasteiger partial charge is 0.128 e. The number of anilines is 1. The highest BCUT2D eigenvalue weighted by Gasteiger charge is 2.21. The van der Waals surface area contributed by atoms with Gasteiger partial charge in [0.1, 0.15) is 11.6 Å². The van der Waals surface area contributed by atoms with E-state index in [1.807, 2.05) is 6.20 Å². The first-order chi connectivity index (χ1) is 13.2. The Hall–Kier alpha value is -2.11. The number of nitrogens with one attached hydrogen (secondary N) is 1. The van der Waals surface area contributed by atoms with Crippen LogP contribution in [0.2, 0.25) is 0 Å². The van der Waals surface area contributed by atoms with Crippen LogP contribution in [0, 0.1) is 0 Å². The molecule has 1 aliphatic carbocycles. The summed E-state index contributed by atoms with van der Waals surface area (Å²) in [5.41, 5.74) is 4.06. The number of benzene rings is 1. The van der Waals surface area contributed by atoms with Crippen molar-refractivity contribution in [3.63, 3.8) is 0 Å². The molecule has 2 aliphatic rings. The van der Waals surface area contributed by atoms with Gasteiger partial charge >= 0.3 is 0 Å². The van der Waals surface area contributed by atoms with E-state index in [1.54, 1.807) is 7.11 Å². The van der Waals surface area contributed by atoms with Gasteiger partial charge in [-0.15, -0.1) is 0 Å². The first-order valence-electron chi connectivity index (χ1n) is 9.99. The molecule has 5 nitrogen and oxygen atoms in total. The minimum absolute atomic E-state index is 0.516. The van der Waals surface area contributed by atoms with Crippen molar-refractivity contribution in [2.24, 2.45) is 0 Å². The van der Waals surface area contributed by atoms with Crippen LogP contribution in [-0.2, 0) is 19.4 Å². The number of rotatable bonds is 5. The number of piperazine rings is 1. The molecule has 1 N–H and O–H groups in total. The highest BCUT2D eigenvalue weighted by molar-refractivity contribution is 5.42. The predicted octanol–water partition coefficient (Wildman–Crippen LogP) is 2.49. The maximum absolute atomic E-state index is 5.51. The summed E-state index contributed by atoms with van der Waals surface area (Å²) in [6.07, 6.45) is 5.33. The Kier molecular flexibility index (Phi) is 5.60. The van der Waals surface area contributed by atoms with Gasteiger partial charge in [0.15, 0.2) is 0 Å². The van der Waals surface area contributed by atoms with Gasteiger partial charge in [-0.25, -0.2) is 4.98 Å². The van der Waals surface area contributed by atoms with E-state index in [9.17, 15) is 0 Å². The van der Waals surface area contributed by atoms with Gasteiger partial charge in [-0.3, -0.25) is 0 Å². The summed E-state index contributed by atoms with van der Waals surface area (Å²) in [6.45, 7) is 5.22. The number of hydrogen-bond donors (Lipinski definition) is 1. The molecule has 1 atom stereocenters. The molecule has 0 amide bonds. The average molecular weight is 367 g/mol. The van der Waals surface area contributed by atoms with Crippen molar-refractivity contribution >= 4 is 5.82 Å². The van der Waals surface area contributed by atoms with Crippen LogP contribution in [-0.4, -0.2) is 56.3 Å². The van der Waals surface area contributed by atoms with Crippen molar-refractivity contribution in [1.82, 2.24) is 15.2 Å². The van der Waals surface area contributed by atoms with Crippen molar-refractivity contribution in [3.8, 4) is 5.75 Å². The molecule has 1 fully saturated rings. The summed E-state index contributed by atoms with van der Waals surface area (Å²) in [5, 5.41) is 3.72. The molecule has 2 heterocycles. The molecule has 1 aromatic carbocycles. The number of pyridine rings is 1. The van der Waals surface area contributed by atoms with E-state index in [0.29, 0.717) is 6.04 Å². The van der Waals surface area contributed by atoms with E-state index in [0.717, 1.165) is 63.6 Å². The van der Waals surface area contributed by atoms with Crippen molar-refractivity contribution < 1.29 is 4.74 Å². The van der Waals surface area contributed by atoms with Crippen molar-refractivity contribution in [1.29, 1.82) is 0 Å². The standard InChI is InChI=1S/C22H30N4O/c1-25-10-12-26(13-11-25)22-9-6-17(16-24-22)15-23-19-7-8-20-18(14-19)4-3-5-21(20)27-2/h3-6,9,16,19,23H,7-8,10-15H2,1-2H3. The monoisotopic (exact) mass is 366 g/mol. The fourth-order valence-electron chi connectivity index (χ4n) is 4.14. The Bertz CT molecular complexity index is 753. The molecule has 0 saturated carbocycles. The fourth-order valence-corrected chi connectivity index (χ4v) is 4.14. The molecule has 1 unspecified atom stereocenters. The number of ether oxygens (including phenoxy) is 1. The highest BCUT2D eigenvalue weighted by Crippen LogP contribution is 2.29. The number of likely N-dealkylation sites (N-methyl/N-ethyl adjacent to an activating group) is 1. The molecule has 1 aliphatic heterocycles. The predicted molar refractivity (Wildman–Crippen MR) is 110 cm³/mol. The van der Waals surface area contributed by atoms with Crippen molar-refractivity contribution in [2.75, 3.05) is 45.2 Å². The molecule has 0 radical (unpaired) electrons. The molecular formula is C22H30N4O.